The molecule has 0 saturated heterocycles. The molecule has 0 aliphatic rings. The summed E-state index contributed by atoms with van der Waals surface area (Å²) in [6.07, 6.45) is 2.40. The first-order valence-corrected chi connectivity index (χ1v) is 7.00. The van der Waals surface area contributed by atoms with Gasteiger partial charge in [0.25, 0.3) is 5.91 Å². The lowest BCUT2D eigenvalue weighted by atomic mass is 10.1. The Balaban J connectivity index is 2.00. The molecule has 2 rings (SSSR count). The van der Waals surface area contributed by atoms with Gasteiger partial charge in [0.05, 0.1) is 5.69 Å². The van der Waals surface area contributed by atoms with E-state index in [0.717, 1.165) is 5.56 Å². The number of halogens is 1. The fourth-order valence-electron chi connectivity index (χ4n) is 2.31. The van der Waals surface area contributed by atoms with Crippen LogP contribution in [0.1, 0.15) is 29.9 Å². The highest BCUT2D eigenvalue weighted by Gasteiger charge is 2.14. The number of carbonyl (C=O) groups is 1. The van der Waals surface area contributed by atoms with E-state index in [1.807, 2.05) is 18.4 Å². The van der Waals surface area contributed by atoms with Crippen LogP contribution in [0.25, 0.3) is 0 Å². The molecule has 112 valence electrons. The van der Waals surface area contributed by atoms with Gasteiger partial charge in [-0.15, -0.1) is 0 Å². The van der Waals surface area contributed by atoms with Gasteiger partial charge in [-0.25, -0.2) is 4.39 Å². The maximum atomic E-state index is 12.9. The molecule has 0 saturated carbocycles. The molecule has 1 atom stereocenters. The molecule has 21 heavy (non-hydrogen) atoms. The summed E-state index contributed by atoms with van der Waals surface area (Å²) in [6, 6.07) is 7.92. The molecule has 2 aromatic rings. The highest BCUT2D eigenvalue weighted by Crippen LogP contribution is 2.11. The number of hydrogen-bond donors (Lipinski definition) is 2. The molecule has 1 aromatic heterocycles. The molecule has 0 radical (unpaired) electrons. The SMILES string of the molecule is CCn1cc(N)cc1C(=O)NC(C)Cc1ccc(F)cc1. The van der Waals surface area contributed by atoms with Gasteiger partial charge in [-0.2, -0.15) is 0 Å². The van der Waals surface area contributed by atoms with Crippen molar-refractivity contribution in [1.82, 2.24) is 9.88 Å². The van der Waals surface area contributed by atoms with E-state index in [4.69, 9.17) is 5.73 Å². The summed E-state index contributed by atoms with van der Waals surface area (Å²) in [7, 11) is 0. The Morgan fingerprint density at radius 2 is 2.05 bits per heavy atom. The van der Waals surface area contributed by atoms with Crippen LogP contribution in [0.5, 0.6) is 0 Å². The summed E-state index contributed by atoms with van der Waals surface area (Å²) in [4.78, 5) is 12.2. The highest BCUT2D eigenvalue weighted by molar-refractivity contribution is 5.94. The Kier molecular flexibility index (Phi) is 4.62. The molecule has 4 nitrogen and oxygen atoms in total. The third kappa shape index (κ3) is 3.84. The zero-order valence-electron chi connectivity index (χ0n) is 12.3. The Labute approximate surface area is 123 Å². The molecule has 0 fully saturated rings. The van der Waals surface area contributed by atoms with Crippen LogP contribution in [0.4, 0.5) is 10.1 Å². The lowest BCUT2D eigenvalue weighted by Crippen LogP contribution is -2.35. The van der Waals surface area contributed by atoms with Crippen molar-refractivity contribution in [2.24, 2.45) is 0 Å². The standard InChI is InChI=1S/C16H20FN3O/c1-3-20-10-14(18)9-15(20)16(21)19-11(2)8-12-4-6-13(17)7-5-12/h4-7,9-11H,3,8,18H2,1-2H3,(H,19,21). The first-order valence-electron chi connectivity index (χ1n) is 7.00. The molecule has 0 bridgehead atoms. The van der Waals surface area contributed by atoms with Crippen LogP contribution < -0.4 is 11.1 Å². The van der Waals surface area contributed by atoms with E-state index in [1.165, 1.54) is 12.1 Å². The largest absolute Gasteiger partial charge is 0.397 e. The van der Waals surface area contributed by atoms with Crippen molar-refractivity contribution < 1.29 is 9.18 Å². The summed E-state index contributed by atoms with van der Waals surface area (Å²) in [5, 5.41) is 2.94. The molecular formula is C16H20FN3O. The molecule has 3 N–H and O–H groups in total. The number of anilines is 1. The van der Waals surface area contributed by atoms with E-state index in [0.29, 0.717) is 24.3 Å². The van der Waals surface area contributed by atoms with Crippen LogP contribution in [0.15, 0.2) is 36.5 Å². The van der Waals surface area contributed by atoms with Gasteiger partial charge < -0.3 is 15.6 Å². The maximum absolute atomic E-state index is 12.9. The first-order chi connectivity index (χ1) is 9.99. The first kappa shape index (κ1) is 15.1. The van der Waals surface area contributed by atoms with E-state index in [-0.39, 0.29) is 17.8 Å². The summed E-state index contributed by atoms with van der Waals surface area (Å²) in [5.74, 6) is -0.408. The number of nitrogens with one attached hydrogen (secondary N) is 1. The molecule has 1 amide bonds. The number of nitrogens with zero attached hydrogens (tertiary/aromatic N) is 1. The molecule has 1 aromatic carbocycles. The Morgan fingerprint density at radius 3 is 2.67 bits per heavy atom. The Bertz CT molecular complexity index is 619. The van der Waals surface area contributed by atoms with Gasteiger partial charge in [0, 0.05) is 18.8 Å². The van der Waals surface area contributed by atoms with Crippen molar-refractivity contribution >= 4 is 11.6 Å². The Hall–Kier alpha value is -2.30. The summed E-state index contributed by atoms with van der Waals surface area (Å²) >= 11 is 0. The number of carbonyl (C=O) groups excluding carboxylic acids is 1. The van der Waals surface area contributed by atoms with Crippen molar-refractivity contribution in [2.75, 3.05) is 5.73 Å². The molecule has 0 spiro atoms. The predicted octanol–water partition coefficient (Wildman–Crippen LogP) is 2.59. The van der Waals surface area contributed by atoms with E-state index >= 15 is 0 Å². The third-order valence-corrected chi connectivity index (χ3v) is 3.32. The van der Waals surface area contributed by atoms with E-state index in [9.17, 15) is 9.18 Å². The summed E-state index contributed by atoms with van der Waals surface area (Å²) in [5.41, 5.74) is 7.84. The van der Waals surface area contributed by atoms with Crippen LogP contribution in [0, 0.1) is 5.82 Å². The highest BCUT2D eigenvalue weighted by atomic mass is 19.1. The zero-order chi connectivity index (χ0) is 15.4. The van der Waals surface area contributed by atoms with Gasteiger partial charge >= 0.3 is 0 Å². The Morgan fingerprint density at radius 1 is 1.38 bits per heavy atom. The van der Waals surface area contributed by atoms with Gasteiger partial charge in [-0.1, -0.05) is 12.1 Å². The lowest BCUT2D eigenvalue weighted by molar-refractivity contribution is 0.0931. The van der Waals surface area contributed by atoms with Crippen molar-refractivity contribution in [1.29, 1.82) is 0 Å². The number of benzene rings is 1. The van der Waals surface area contributed by atoms with Gasteiger partial charge in [0.15, 0.2) is 0 Å². The van der Waals surface area contributed by atoms with Crippen LogP contribution in [0.3, 0.4) is 0 Å². The molecule has 0 aliphatic heterocycles. The average molecular weight is 289 g/mol. The number of aromatic nitrogens is 1. The fourth-order valence-corrected chi connectivity index (χ4v) is 2.31. The smallest absolute Gasteiger partial charge is 0.268 e. The lowest BCUT2D eigenvalue weighted by Gasteiger charge is -2.15. The summed E-state index contributed by atoms with van der Waals surface area (Å²) in [6.45, 7) is 4.56. The van der Waals surface area contributed by atoms with Crippen molar-refractivity contribution in [3.05, 3.63) is 53.6 Å². The third-order valence-electron chi connectivity index (χ3n) is 3.32. The van der Waals surface area contributed by atoms with E-state index < -0.39 is 0 Å². The quantitative estimate of drug-likeness (QED) is 0.888. The van der Waals surface area contributed by atoms with E-state index in [1.54, 1.807) is 24.4 Å². The molecule has 0 aliphatic carbocycles. The van der Waals surface area contributed by atoms with Crippen molar-refractivity contribution in [3.8, 4) is 0 Å². The minimum Gasteiger partial charge on any atom is -0.397 e. The molecular weight excluding hydrogens is 269 g/mol. The van der Waals surface area contributed by atoms with Crippen LogP contribution in [-0.4, -0.2) is 16.5 Å². The van der Waals surface area contributed by atoms with Crippen molar-refractivity contribution in [2.45, 2.75) is 32.9 Å². The maximum Gasteiger partial charge on any atom is 0.268 e. The number of nitrogens with two attached hydrogens (primary N) is 1. The number of amides is 1. The van der Waals surface area contributed by atoms with Gasteiger partial charge in [0.2, 0.25) is 0 Å². The normalized spacial score (nSPS) is 12.1. The number of rotatable bonds is 5. The average Bonchev–Trinajstić information content (AvgIpc) is 2.82. The topological polar surface area (TPSA) is 60.0 Å². The second-order valence-corrected chi connectivity index (χ2v) is 5.15. The molecule has 1 unspecified atom stereocenters. The van der Waals surface area contributed by atoms with Gasteiger partial charge in [-0.3, -0.25) is 4.79 Å². The molecule has 5 heteroatoms. The summed E-state index contributed by atoms with van der Waals surface area (Å²) < 4.78 is 14.7. The monoisotopic (exact) mass is 289 g/mol. The van der Waals surface area contributed by atoms with E-state index in [2.05, 4.69) is 5.32 Å². The zero-order valence-corrected chi connectivity index (χ0v) is 12.3. The second kappa shape index (κ2) is 6.43. The number of aryl methyl sites for hydroxylation is 1. The second-order valence-electron chi connectivity index (χ2n) is 5.15. The fraction of sp³-hybridized carbons (Fsp3) is 0.312. The van der Waals surface area contributed by atoms with Crippen LogP contribution >= 0.6 is 0 Å². The minimum absolute atomic E-state index is 0.0515. The van der Waals surface area contributed by atoms with Crippen LogP contribution in [-0.2, 0) is 13.0 Å². The number of hydrogen-bond acceptors (Lipinski definition) is 2. The molecule has 1 heterocycles. The minimum atomic E-state index is -0.258. The van der Waals surface area contributed by atoms with Gasteiger partial charge in [0.1, 0.15) is 11.5 Å². The van der Waals surface area contributed by atoms with Crippen molar-refractivity contribution in [3.63, 3.8) is 0 Å². The van der Waals surface area contributed by atoms with Gasteiger partial charge in [-0.05, 0) is 44.0 Å². The van der Waals surface area contributed by atoms with Crippen LogP contribution in [0.2, 0.25) is 0 Å². The number of nitrogen functional groups attached to an aromatic ring is 1. The predicted molar refractivity (Wildman–Crippen MR) is 81.6 cm³/mol.